The summed E-state index contributed by atoms with van der Waals surface area (Å²) in [6.45, 7) is 1.98. The van der Waals surface area contributed by atoms with Crippen molar-refractivity contribution in [2.75, 3.05) is 13.7 Å². The van der Waals surface area contributed by atoms with E-state index in [9.17, 15) is 9.50 Å². The smallest absolute Gasteiger partial charge is 0.162 e. The van der Waals surface area contributed by atoms with Crippen LogP contribution in [0.5, 0.6) is 0 Å². The molecule has 1 aromatic heterocycles. The SMILES string of the molecule is CC#Cc1ccnc(C(O)CCOC)c1F. The van der Waals surface area contributed by atoms with Crippen molar-refractivity contribution >= 4 is 0 Å². The summed E-state index contributed by atoms with van der Waals surface area (Å²) in [7, 11) is 1.52. The van der Waals surface area contributed by atoms with Gasteiger partial charge in [-0.05, 0) is 13.0 Å². The summed E-state index contributed by atoms with van der Waals surface area (Å²) < 4.78 is 18.6. The molecule has 0 bridgehead atoms. The number of pyridine rings is 1. The molecule has 86 valence electrons. The molecule has 1 unspecified atom stereocenters. The minimum atomic E-state index is -0.960. The highest BCUT2D eigenvalue weighted by Crippen LogP contribution is 2.19. The molecule has 1 atom stereocenters. The van der Waals surface area contributed by atoms with Crippen LogP contribution in [0.4, 0.5) is 4.39 Å². The van der Waals surface area contributed by atoms with Crippen molar-refractivity contribution in [2.24, 2.45) is 0 Å². The molecule has 0 saturated carbocycles. The first-order valence-corrected chi connectivity index (χ1v) is 4.94. The van der Waals surface area contributed by atoms with E-state index < -0.39 is 11.9 Å². The van der Waals surface area contributed by atoms with Crippen LogP contribution in [0.25, 0.3) is 0 Å². The summed E-state index contributed by atoms with van der Waals surface area (Å²) >= 11 is 0. The van der Waals surface area contributed by atoms with Crippen LogP contribution in [0.1, 0.15) is 30.7 Å². The predicted octanol–water partition coefficient (Wildman–Crippen LogP) is 1.66. The Morgan fingerprint density at radius 1 is 1.62 bits per heavy atom. The highest BCUT2D eigenvalue weighted by Gasteiger charge is 2.16. The molecule has 0 radical (unpaired) electrons. The monoisotopic (exact) mass is 223 g/mol. The second-order valence-electron chi connectivity index (χ2n) is 3.23. The van der Waals surface area contributed by atoms with Gasteiger partial charge in [0.25, 0.3) is 0 Å². The van der Waals surface area contributed by atoms with Gasteiger partial charge >= 0.3 is 0 Å². The van der Waals surface area contributed by atoms with Gasteiger partial charge in [-0.25, -0.2) is 4.39 Å². The molecule has 0 aliphatic heterocycles. The third-order valence-corrected chi connectivity index (χ3v) is 2.09. The Kier molecular flexibility index (Phi) is 4.90. The molecule has 0 aromatic carbocycles. The lowest BCUT2D eigenvalue weighted by atomic mass is 10.1. The maximum Gasteiger partial charge on any atom is 0.162 e. The topological polar surface area (TPSA) is 42.4 Å². The molecule has 16 heavy (non-hydrogen) atoms. The van der Waals surface area contributed by atoms with E-state index in [1.807, 2.05) is 0 Å². The standard InChI is InChI=1S/C12H14FNO2/c1-3-4-9-5-7-14-12(11(9)13)10(15)6-8-16-2/h5,7,10,15H,6,8H2,1-2H3. The molecular formula is C12H14FNO2. The van der Waals surface area contributed by atoms with Crippen molar-refractivity contribution in [1.29, 1.82) is 0 Å². The molecule has 1 N–H and O–H groups in total. The highest BCUT2D eigenvalue weighted by molar-refractivity contribution is 5.36. The fourth-order valence-corrected chi connectivity index (χ4v) is 1.29. The molecule has 1 aromatic rings. The summed E-state index contributed by atoms with van der Waals surface area (Å²) in [5.41, 5.74) is 0.279. The number of aliphatic hydroxyl groups is 1. The molecular weight excluding hydrogens is 209 g/mol. The Morgan fingerprint density at radius 3 is 3.00 bits per heavy atom. The summed E-state index contributed by atoms with van der Waals surface area (Å²) in [6.07, 6.45) is 0.788. The quantitative estimate of drug-likeness (QED) is 0.789. The van der Waals surface area contributed by atoms with E-state index in [0.717, 1.165) is 0 Å². The molecule has 0 aliphatic carbocycles. The van der Waals surface area contributed by atoms with E-state index in [1.54, 1.807) is 6.92 Å². The lowest BCUT2D eigenvalue weighted by Gasteiger charge is -2.10. The van der Waals surface area contributed by atoms with Gasteiger partial charge < -0.3 is 9.84 Å². The van der Waals surface area contributed by atoms with Crippen LogP contribution < -0.4 is 0 Å². The Balaban J connectivity index is 2.94. The summed E-state index contributed by atoms with van der Waals surface area (Å²) in [5.74, 6) is 4.67. The van der Waals surface area contributed by atoms with Gasteiger partial charge in [0.05, 0.1) is 5.56 Å². The molecule has 1 rings (SSSR count). The highest BCUT2D eigenvalue weighted by atomic mass is 19.1. The third kappa shape index (κ3) is 3.02. The number of rotatable bonds is 4. The van der Waals surface area contributed by atoms with Crippen LogP contribution in [-0.2, 0) is 4.74 Å². The first-order chi connectivity index (χ1) is 7.70. The molecule has 0 spiro atoms. The van der Waals surface area contributed by atoms with E-state index in [0.29, 0.717) is 13.0 Å². The Bertz CT molecular complexity index is 409. The van der Waals surface area contributed by atoms with Crippen molar-refractivity contribution in [3.63, 3.8) is 0 Å². The van der Waals surface area contributed by atoms with Gasteiger partial charge in [-0.2, -0.15) is 0 Å². The number of methoxy groups -OCH3 is 1. The Morgan fingerprint density at radius 2 is 2.38 bits per heavy atom. The average molecular weight is 223 g/mol. The maximum absolute atomic E-state index is 13.8. The van der Waals surface area contributed by atoms with Crippen LogP contribution in [-0.4, -0.2) is 23.8 Å². The lowest BCUT2D eigenvalue weighted by Crippen LogP contribution is -2.07. The van der Waals surface area contributed by atoms with Gasteiger partial charge in [0, 0.05) is 26.3 Å². The van der Waals surface area contributed by atoms with Crippen molar-refractivity contribution in [2.45, 2.75) is 19.4 Å². The molecule has 0 amide bonds. The normalized spacial score (nSPS) is 11.8. The van der Waals surface area contributed by atoms with E-state index in [2.05, 4.69) is 16.8 Å². The predicted molar refractivity (Wildman–Crippen MR) is 58.2 cm³/mol. The van der Waals surface area contributed by atoms with Crippen molar-refractivity contribution in [1.82, 2.24) is 4.98 Å². The zero-order valence-corrected chi connectivity index (χ0v) is 9.33. The van der Waals surface area contributed by atoms with E-state index in [4.69, 9.17) is 4.74 Å². The van der Waals surface area contributed by atoms with Gasteiger partial charge in [0.2, 0.25) is 0 Å². The number of hydrogen-bond acceptors (Lipinski definition) is 3. The number of hydrogen-bond donors (Lipinski definition) is 1. The first-order valence-electron chi connectivity index (χ1n) is 4.94. The van der Waals surface area contributed by atoms with Crippen LogP contribution >= 0.6 is 0 Å². The molecule has 1 heterocycles. The van der Waals surface area contributed by atoms with Crippen molar-refractivity contribution in [3.05, 3.63) is 29.3 Å². The minimum absolute atomic E-state index is 0.0253. The number of aromatic nitrogens is 1. The summed E-state index contributed by atoms with van der Waals surface area (Å²) in [5, 5.41) is 9.69. The molecule has 3 nitrogen and oxygen atoms in total. The molecule has 4 heteroatoms. The lowest BCUT2D eigenvalue weighted by molar-refractivity contribution is 0.105. The van der Waals surface area contributed by atoms with Crippen LogP contribution in [0.15, 0.2) is 12.3 Å². The van der Waals surface area contributed by atoms with Gasteiger partial charge in [-0.15, -0.1) is 5.92 Å². The third-order valence-electron chi connectivity index (χ3n) is 2.09. The van der Waals surface area contributed by atoms with E-state index >= 15 is 0 Å². The Labute approximate surface area is 94.3 Å². The average Bonchev–Trinajstić information content (AvgIpc) is 2.29. The van der Waals surface area contributed by atoms with Gasteiger partial charge in [0.15, 0.2) is 5.82 Å². The molecule has 0 saturated heterocycles. The fraction of sp³-hybridized carbons (Fsp3) is 0.417. The second kappa shape index (κ2) is 6.21. The number of ether oxygens (including phenoxy) is 1. The number of nitrogens with zero attached hydrogens (tertiary/aromatic N) is 1. The van der Waals surface area contributed by atoms with Crippen molar-refractivity contribution < 1.29 is 14.2 Å². The summed E-state index contributed by atoms with van der Waals surface area (Å²) in [6, 6.07) is 1.48. The number of aliphatic hydroxyl groups excluding tert-OH is 1. The largest absolute Gasteiger partial charge is 0.387 e. The molecule has 0 aliphatic rings. The van der Waals surface area contributed by atoms with Gasteiger partial charge in [0.1, 0.15) is 11.8 Å². The zero-order valence-electron chi connectivity index (χ0n) is 9.33. The minimum Gasteiger partial charge on any atom is -0.387 e. The second-order valence-corrected chi connectivity index (χ2v) is 3.23. The fourth-order valence-electron chi connectivity index (χ4n) is 1.29. The van der Waals surface area contributed by atoms with Gasteiger partial charge in [-0.3, -0.25) is 4.98 Å². The van der Waals surface area contributed by atoms with E-state index in [1.165, 1.54) is 19.4 Å². The van der Waals surface area contributed by atoms with Crippen molar-refractivity contribution in [3.8, 4) is 11.8 Å². The maximum atomic E-state index is 13.8. The van der Waals surface area contributed by atoms with E-state index in [-0.39, 0.29) is 11.3 Å². The molecule has 0 fully saturated rings. The number of halogens is 1. The van der Waals surface area contributed by atoms with Crippen LogP contribution in [0.3, 0.4) is 0 Å². The zero-order chi connectivity index (χ0) is 12.0. The summed E-state index contributed by atoms with van der Waals surface area (Å²) in [4.78, 5) is 3.83. The van der Waals surface area contributed by atoms with Crippen LogP contribution in [0.2, 0.25) is 0 Å². The van der Waals surface area contributed by atoms with Crippen LogP contribution in [0, 0.1) is 17.7 Å². The van der Waals surface area contributed by atoms with Gasteiger partial charge in [-0.1, -0.05) is 5.92 Å². The Hall–Kier alpha value is -1.44. The first kappa shape index (κ1) is 12.6.